The standard InChI is InChI=1S/C22H23ClN2O3/c23-17-6-3-7-18(14-17)28-15-22(27)9-4-11-25(12-10-22)21(26)20-13-16-5-1-2-8-19(16)24-20/h1-3,5-8,13-14,24,27H,4,9-12,15H2. The van der Waals surface area contributed by atoms with Gasteiger partial charge in [0.05, 0.1) is 0 Å². The van der Waals surface area contributed by atoms with E-state index in [1.807, 2.05) is 47.4 Å². The smallest absolute Gasteiger partial charge is 0.270 e. The number of nitrogens with one attached hydrogen (secondary N) is 1. The van der Waals surface area contributed by atoms with E-state index in [0.29, 0.717) is 42.4 Å². The maximum atomic E-state index is 12.9. The average Bonchev–Trinajstić information content (AvgIpc) is 3.03. The first kappa shape index (κ1) is 18.8. The Balaban J connectivity index is 1.40. The number of carbonyl (C=O) groups is 1. The molecule has 6 heteroatoms. The monoisotopic (exact) mass is 398 g/mol. The lowest BCUT2D eigenvalue weighted by Crippen LogP contribution is -2.38. The molecule has 5 nitrogen and oxygen atoms in total. The van der Waals surface area contributed by atoms with Crippen molar-refractivity contribution in [3.63, 3.8) is 0 Å². The molecular weight excluding hydrogens is 376 g/mol. The molecule has 1 aromatic heterocycles. The van der Waals surface area contributed by atoms with E-state index < -0.39 is 5.60 Å². The summed E-state index contributed by atoms with van der Waals surface area (Å²) in [6, 6.07) is 16.9. The van der Waals surface area contributed by atoms with E-state index in [-0.39, 0.29) is 12.5 Å². The number of H-pyrrole nitrogens is 1. The zero-order valence-electron chi connectivity index (χ0n) is 15.5. The highest BCUT2D eigenvalue weighted by atomic mass is 35.5. The highest BCUT2D eigenvalue weighted by Gasteiger charge is 2.33. The molecule has 1 unspecified atom stereocenters. The molecule has 3 aromatic rings. The van der Waals surface area contributed by atoms with Crippen molar-refractivity contribution in [3.05, 3.63) is 65.3 Å². The Bertz CT molecular complexity index is 954. The van der Waals surface area contributed by atoms with E-state index in [4.69, 9.17) is 16.3 Å². The molecule has 1 aliphatic rings. The summed E-state index contributed by atoms with van der Waals surface area (Å²) in [7, 11) is 0. The summed E-state index contributed by atoms with van der Waals surface area (Å²) in [6.07, 6.45) is 1.78. The van der Waals surface area contributed by atoms with Crippen LogP contribution in [0.1, 0.15) is 29.8 Å². The number of rotatable bonds is 4. The number of nitrogens with zero attached hydrogens (tertiary/aromatic N) is 1. The molecule has 0 radical (unpaired) electrons. The lowest BCUT2D eigenvalue weighted by Gasteiger charge is -2.27. The summed E-state index contributed by atoms with van der Waals surface area (Å²) in [4.78, 5) is 17.9. The summed E-state index contributed by atoms with van der Waals surface area (Å²) in [5.74, 6) is 0.604. The van der Waals surface area contributed by atoms with Crippen LogP contribution in [0.5, 0.6) is 5.75 Å². The van der Waals surface area contributed by atoms with Crippen molar-refractivity contribution in [2.24, 2.45) is 0 Å². The van der Waals surface area contributed by atoms with E-state index in [9.17, 15) is 9.90 Å². The fourth-order valence-electron chi connectivity index (χ4n) is 3.66. The van der Waals surface area contributed by atoms with Gasteiger partial charge in [0.15, 0.2) is 0 Å². The summed E-state index contributed by atoms with van der Waals surface area (Å²) in [6.45, 7) is 1.29. The molecule has 146 valence electrons. The van der Waals surface area contributed by atoms with Crippen molar-refractivity contribution < 1.29 is 14.6 Å². The molecule has 1 aliphatic heterocycles. The third kappa shape index (κ3) is 4.16. The van der Waals surface area contributed by atoms with E-state index in [1.165, 1.54) is 0 Å². The van der Waals surface area contributed by atoms with Crippen molar-refractivity contribution in [1.29, 1.82) is 0 Å². The number of benzene rings is 2. The number of hydrogen-bond donors (Lipinski definition) is 2. The molecule has 0 aliphatic carbocycles. The second-order valence-electron chi connectivity index (χ2n) is 7.39. The summed E-state index contributed by atoms with van der Waals surface area (Å²) in [5, 5.41) is 12.6. The van der Waals surface area contributed by atoms with Gasteiger partial charge in [-0.2, -0.15) is 0 Å². The third-order valence-electron chi connectivity index (χ3n) is 5.27. The molecule has 1 atom stereocenters. The minimum atomic E-state index is -0.961. The fraction of sp³-hybridized carbons (Fsp3) is 0.318. The van der Waals surface area contributed by atoms with Crippen LogP contribution in [0.15, 0.2) is 54.6 Å². The number of halogens is 1. The number of fused-ring (bicyclic) bond motifs is 1. The van der Waals surface area contributed by atoms with Gasteiger partial charge in [-0.05, 0) is 49.6 Å². The number of likely N-dealkylation sites (tertiary alicyclic amines) is 1. The largest absolute Gasteiger partial charge is 0.491 e. The van der Waals surface area contributed by atoms with Crippen LogP contribution < -0.4 is 4.74 Å². The summed E-state index contributed by atoms with van der Waals surface area (Å²) >= 11 is 5.98. The Labute approximate surface area is 168 Å². The van der Waals surface area contributed by atoms with Crippen molar-refractivity contribution in [2.45, 2.75) is 24.9 Å². The van der Waals surface area contributed by atoms with Gasteiger partial charge in [-0.3, -0.25) is 4.79 Å². The van der Waals surface area contributed by atoms with Gasteiger partial charge in [0, 0.05) is 29.0 Å². The van der Waals surface area contributed by atoms with Crippen molar-refractivity contribution >= 4 is 28.4 Å². The molecule has 0 bridgehead atoms. The number of ether oxygens (including phenoxy) is 1. The predicted molar refractivity (Wildman–Crippen MR) is 110 cm³/mol. The van der Waals surface area contributed by atoms with Crippen LogP contribution in [-0.2, 0) is 0 Å². The van der Waals surface area contributed by atoms with Gasteiger partial charge < -0.3 is 19.7 Å². The van der Waals surface area contributed by atoms with Crippen molar-refractivity contribution in [1.82, 2.24) is 9.88 Å². The van der Waals surface area contributed by atoms with E-state index in [1.54, 1.807) is 12.1 Å². The zero-order chi connectivity index (χ0) is 19.6. The number of aromatic nitrogens is 1. The quantitative estimate of drug-likeness (QED) is 0.690. The van der Waals surface area contributed by atoms with Crippen LogP contribution in [0.25, 0.3) is 10.9 Å². The van der Waals surface area contributed by atoms with Crippen molar-refractivity contribution in [2.75, 3.05) is 19.7 Å². The summed E-state index contributed by atoms with van der Waals surface area (Å²) < 4.78 is 5.76. The number of aliphatic hydroxyl groups is 1. The average molecular weight is 399 g/mol. The lowest BCUT2D eigenvalue weighted by molar-refractivity contribution is -0.0163. The molecule has 2 N–H and O–H groups in total. The van der Waals surface area contributed by atoms with Gasteiger partial charge in [0.25, 0.3) is 5.91 Å². The van der Waals surface area contributed by atoms with E-state index >= 15 is 0 Å². The summed E-state index contributed by atoms with van der Waals surface area (Å²) in [5.41, 5.74) is 0.576. The minimum absolute atomic E-state index is 0.0313. The topological polar surface area (TPSA) is 65.6 Å². The number of carbonyl (C=O) groups excluding carboxylic acids is 1. The van der Waals surface area contributed by atoms with E-state index in [2.05, 4.69) is 4.98 Å². The predicted octanol–water partition coefficient (Wildman–Crippen LogP) is 4.26. The van der Waals surface area contributed by atoms with Crippen LogP contribution in [0, 0.1) is 0 Å². The van der Waals surface area contributed by atoms with Gasteiger partial charge in [-0.1, -0.05) is 35.9 Å². The van der Waals surface area contributed by atoms with E-state index in [0.717, 1.165) is 17.3 Å². The Morgan fingerprint density at radius 2 is 2.00 bits per heavy atom. The highest BCUT2D eigenvalue weighted by Crippen LogP contribution is 2.26. The first-order valence-corrected chi connectivity index (χ1v) is 9.88. The van der Waals surface area contributed by atoms with Crippen molar-refractivity contribution in [3.8, 4) is 5.75 Å². The van der Waals surface area contributed by atoms with Gasteiger partial charge in [0.1, 0.15) is 23.7 Å². The van der Waals surface area contributed by atoms with Crippen LogP contribution in [-0.4, -0.2) is 46.2 Å². The molecule has 1 saturated heterocycles. The van der Waals surface area contributed by atoms with Gasteiger partial charge in [0.2, 0.25) is 0 Å². The number of aromatic amines is 1. The van der Waals surface area contributed by atoms with Gasteiger partial charge in [-0.25, -0.2) is 0 Å². The number of amides is 1. The highest BCUT2D eigenvalue weighted by molar-refractivity contribution is 6.30. The molecule has 1 fully saturated rings. The number of hydrogen-bond acceptors (Lipinski definition) is 3. The molecule has 0 saturated carbocycles. The van der Waals surface area contributed by atoms with Gasteiger partial charge in [-0.15, -0.1) is 0 Å². The Morgan fingerprint density at radius 3 is 2.82 bits per heavy atom. The Hall–Kier alpha value is -2.50. The Kier molecular flexibility index (Phi) is 5.29. The number of para-hydroxylation sites is 1. The first-order chi connectivity index (χ1) is 13.5. The second-order valence-corrected chi connectivity index (χ2v) is 7.82. The maximum absolute atomic E-state index is 12.9. The molecule has 0 spiro atoms. The van der Waals surface area contributed by atoms with Crippen LogP contribution in [0.2, 0.25) is 5.02 Å². The molecule has 1 amide bonds. The molecule has 2 heterocycles. The first-order valence-electron chi connectivity index (χ1n) is 9.50. The normalized spacial score (nSPS) is 20.1. The molecule has 2 aromatic carbocycles. The lowest BCUT2D eigenvalue weighted by atomic mass is 9.96. The minimum Gasteiger partial charge on any atom is -0.491 e. The van der Waals surface area contributed by atoms with Crippen LogP contribution >= 0.6 is 11.6 Å². The molecule has 28 heavy (non-hydrogen) atoms. The van der Waals surface area contributed by atoms with Crippen LogP contribution in [0.3, 0.4) is 0 Å². The second kappa shape index (κ2) is 7.86. The Morgan fingerprint density at radius 1 is 1.14 bits per heavy atom. The SMILES string of the molecule is O=C(c1cc2ccccc2[nH]1)N1CCCC(O)(COc2cccc(Cl)c2)CC1. The zero-order valence-corrected chi connectivity index (χ0v) is 16.3. The third-order valence-corrected chi connectivity index (χ3v) is 5.50. The molecular formula is C22H23ClN2O3. The van der Waals surface area contributed by atoms with Gasteiger partial charge >= 0.3 is 0 Å². The maximum Gasteiger partial charge on any atom is 0.270 e. The fourth-order valence-corrected chi connectivity index (χ4v) is 3.84. The molecule has 4 rings (SSSR count). The van der Waals surface area contributed by atoms with Crippen LogP contribution in [0.4, 0.5) is 0 Å².